The van der Waals surface area contributed by atoms with Crippen molar-refractivity contribution in [2.75, 3.05) is 39.3 Å². The minimum atomic E-state index is -1.98. The second-order valence-corrected chi connectivity index (χ2v) is 29.2. The summed E-state index contributed by atoms with van der Waals surface area (Å²) in [5, 5.41) is 113. The predicted octanol–water partition coefficient (Wildman–Crippen LogP) is -11.8. The van der Waals surface area contributed by atoms with Crippen molar-refractivity contribution in [1.29, 1.82) is 0 Å². The quantitative estimate of drug-likeness (QED) is 0.0164. The van der Waals surface area contributed by atoms with Crippen molar-refractivity contribution >= 4 is 118 Å². The van der Waals surface area contributed by atoms with Gasteiger partial charge in [-0.2, -0.15) is 0 Å². The van der Waals surface area contributed by atoms with Gasteiger partial charge >= 0.3 is 17.9 Å². The molecule has 0 radical (unpaired) electrons. The number of aliphatic imine (C=N–C) groups is 2. The number of carbonyl (C=O) groups excluding carboxylic acids is 15. The average molecular weight is 1720 g/mol. The largest absolute Gasteiger partial charge is 0.508 e. The minimum Gasteiger partial charge on any atom is -0.508 e. The number of carboxylic acids is 3. The lowest BCUT2D eigenvalue weighted by Crippen LogP contribution is -2.64. The number of aromatic hydroxyl groups is 1. The summed E-state index contributed by atoms with van der Waals surface area (Å²) in [6, 6.07) is -16.9. The Bertz CT molecular complexity index is 3800. The number of phenols is 1. The molecule has 1 saturated heterocycles. The number of nitrogens with zero attached hydrogens (tertiary/aromatic N) is 3. The van der Waals surface area contributed by atoms with Crippen molar-refractivity contribution in [2.45, 2.75) is 248 Å². The number of benzene rings is 1. The first-order valence-electron chi connectivity index (χ1n) is 38.8. The number of hydrogen-bond donors (Lipinski definition) is 28. The number of aliphatic hydroxyl groups is 4. The number of carboxylic acid groups (broad SMARTS) is 3. The zero-order valence-corrected chi connectivity index (χ0v) is 68.4. The molecule has 0 unspecified atom stereocenters. The molecule has 121 heavy (non-hydrogen) atoms. The van der Waals surface area contributed by atoms with Crippen LogP contribution in [-0.4, -0.2) is 312 Å². The summed E-state index contributed by atoms with van der Waals surface area (Å²) in [4.78, 5) is 248. The molecule has 34 N–H and O–H groups in total. The highest BCUT2D eigenvalue weighted by Crippen LogP contribution is 2.21. The van der Waals surface area contributed by atoms with Crippen LogP contribution in [0.15, 0.2) is 34.3 Å². The van der Waals surface area contributed by atoms with Crippen LogP contribution in [0, 0.1) is 5.92 Å². The molecule has 1 aliphatic rings. The summed E-state index contributed by atoms with van der Waals surface area (Å²) in [7, 11) is 0. The molecule has 1 fully saturated rings. The number of rotatable bonds is 54. The van der Waals surface area contributed by atoms with Gasteiger partial charge in [0.05, 0.1) is 50.0 Å². The fraction of sp³-hybridized carbons (Fsp3) is 0.639. The molecule has 49 heteroatoms. The van der Waals surface area contributed by atoms with E-state index in [2.05, 4.69) is 79.1 Å². The van der Waals surface area contributed by atoms with E-state index in [1.807, 2.05) is 5.32 Å². The van der Waals surface area contributed by atoms with Gasteiger partial charge in [-0.25, -0.2) is 4.79 Å². The zero-order chi connectivity index (χ0) is 91.8. The van der Waals surface area contributed by atoms with E-state index in [1.165, 1.54) is 26.0 Å². The van der Waals surface area contributed by atoms with Crippen molar-refractivity contribution in [3.63, 3.8) is 0 Å². The number of aliphatic carboxylic acids is 3. The molecule has 0 spiro atoms. The van der Waals surface area contributed by atoms with E-state index in [0.29, 0.717) is 12.0 Å². The highest BCUT2D eigenvalue weighted by atomic mass is 16.4. The fourth-order valence-corrected chi connectivity index (χ4v) is 11.7. The number of guanidine groups is 2. The van der Waals surface area contributed by atoms with Gasteiger partial charge in [-0.1, -0.05) is 26.0 Å². The van der Waals surface area contributed by atoms with E-state index in [1.54, 1.807) is 12.1 Å². The van der Waals surface area contributed by atoms with E-state index < -0.39 is 254 Å². The maximum atomic E-state index is 14.2. The summed E-state index contributed by atoms with van der Waals surface area (Å²) in [6.45, 7) is 7.72. The van der Waals surface area contributed by atoms with E-state index in [-0.39, 0.29) is 102 Å². The highest BCUT2D eigenvalue weighted by molar-refractivity contribution is 6.01. The van der Waals surface area contributed by atoms with Crippen LogP contribution in [0.25, 0.3) is 0 Å². The molecule has 678 valence electrons. The number of likely N-dealkylation sites (tertiary alicyclic amines) is 1. The van der Waals surface area contributed by atoms with Crippen LogP contribution in [0.2, 0.25) is 0 Å². The Morgan fingerprint density at radius 1 is 0.446 bits per heavy atom. The van der Waals surface area contributed by atoms with Crippen LogP contribution in [-0.2, 0) is 92.7 Å². The number of nitrogens with one attached hydrogen (secondary N) is 14. The molecule has 49 nitrogen and oxygen atoms in total. The highest BCUT2D eigenvalue weighted by Gasteiger charge is 2.43. The molecule has 1 aromatic carbocycles. The van der Waals surface area contributed by atoms with Gasteiger partial charge in [-0.3, -0.25) is 91.5 Å². The zero-order valence-electron chi connectivity index (χ0n) is 68.4. The molecule has 0 saturated carbocycles. The number of unbranched alkanes of at least 4 members (excludes halogenated alkanes) is 1. The minimum absolute atomic E-state index is 0.0149. The first kappa shape index (κ1) is 105. The number of amides is 15. The molecule has 0 aliphatic carbocycles. The topological polar surface area (TPSA) is 822 Å². The fourth-order valence-electron chi connectivity index (χ4n) is 11.7. The second kappa shape index (κ2) is 52.6. The molecule has 18 atom stereocenters. The van der Waals surface area contributed by atoms with Gasteiger partial charge < -0.3 is 155 Å². The molecule has 1 aliphatic heterocycles. The Balaban J connectivity index is 2.23. The molecular weight excluding hydrogens is 1600 g/mol. The molecule has 0 aromatic heterocycles. The summed E-state index contributed by atoms with van der Waals surface area (Å²) < 4.78 is 0. The summed E-state index contributed by atoms with van der Waals surface area (Å²) in [6.07, 6.45) is -8.70. The van der Waals surface area contributed by atoms with Gasteiger partial charge in [0.2, 0.25) is 88.6 Å². The lowest BCUT2D eigenvalue weighted by molar-refractivity contribution is -0.147. The third kappa shape index (κ3) is 38.2. The SMILES string of the molecule is CC(C)[C@H](NC(=O)[C@@H](NC(=O)[C@@H](NC(=O)[C@H](C)NC(=O)[C@H](CCCN=C(N)N)NC(=O)[C@H](CCCCN)NC(=O)CNC(=O)[C@H](CCCN=C(N)N)NC(=O)[C@@H](N)Cc1ccc(O)cc1)[C@@H](C)O)[C@@H](C)O)C(=O)N[C@H](C(=O)NCC(=O)N[C@H](C(=O)N1CCC[C@H]1C(=O)N[C@@H](C)C(=O)N[C@@H](CCC(=O)O)C(=O)N[C@@H](CC(=O)O)C(=O)O)[C@@H](C)O)[C@@H](C)O. The van der Waals surface area contributed by atoms with Crippen molar-refractivity contribution in [2.24, 2.45) is 50.3 Å². The standard InChI is InChI=1S/C72H119N23O26/c1-32(2)52(66(116)93-53(35(5)96)65(115)82-31-49(102)90-56(38(8)99)69(119)95-27-13-17-47(95)64(114)84-33(3)57(107)86-45(22-23-50(103)104)63(113)89-46(70(120)121)29-51(105)106)91-67(117)55(37(7)98)94-68(118)54(36(6)97)92-58(108)34(4)83-61(111)44(16-12-26-80-72(77)78)88-62(112)43(14-9-10-24-73)85-48(101)30-81-60(110)42(15-11-25-79-71(75)76)87-59(109)41(74)28-39-18-20-40(100)21-19-39/h18-21,32-38,41-47,52-56,96-100H,9-17,22-31,73-74H2,1-8H3,(H,81,110)(H,82,115)(H,83,111)(H,84,114)(H,85,101)(H,86,107)(H,87,109)(H,88,112)(H,89,113)(H,90,102)(H,91,117)(H,92,108)(H,93,116)(H,94,118)(H,103,104)(H,105,106)(H,120,121)(H4,75,76,79)(H4,77,78,80)/t33-,34-,35+,36+,37+,38+,41-,42-,43-,44-,45-,46-,47-,52-,53-,54-,55-,56-/m0/s1. The maximum Gasteiger partial charge on any atom is 0.326 e. The monoisotopic (exact) mass is 1720 g/mol. The van der Waals surface area contributed by atoms with Crippen LogP contribution in [0.3, 0.4) is 0 Å². The van der Waals surface area contributed by atoms with Gasteiger partial charge in [0.1, 0.15) is 84.3 Å². The summed E-state index contributed by atoms with van der Waals surface area (Å²) in [5.74, 6) is -22.2. The Morgan fingerprint density at radius 2 is 0.860 bits per heavy atom. The van der Waals surface area contributed by atoms with Crippen LogP contribution in [0.4, 0.5) is 0 Å². The van der Waals surface area contributed by atoms with E-state index in [0.717, 1.165) is 46.4 Å². The van der Waals surface area contributed by atoms with Crippen LogP contribution >= 0.6 is 0 Å². The lowest BCUT2D eigenvalue weighted by Gasteiger charge is -2.31. The Morgan fingerprint density at radius 3 is 1.35 bits per heavy atom. The second-order valence-electron chi connectivity index (χ2n) is 29.2. The number of aliphatic hydroxyl groups excluding tert-OH is 4. The smallest absolute Gasteiger partial charge is 0.326 e. The maximum absolute atomic E-state index is 14.2. The van der Waals surface area contributed by atoms with E-state index in [4.69, 9.17) is 39.5 Å². The van der Waals surface area contributed by atoms with Gasteiger partial charge in [-0.15, -0.1) is 0 Å². The normalized spacial score (nSPS) is 16.6. The Hall–Kier alpha value is -12.2. The van der Waals surface area contributed by atoms with Crippen LogP contribution < -0.4 is 109 Å². The van der Waals surface area contributed by atoms with E-state index >= 15 is 0 Å². The molecule has 2 rings (SSSR count). The average Bonchev–Trinajstić information content (AvgIpc) is 1.64. The third-order valence-corrected chi connectivity index (χ3v) is 18.4. The third-order valence-electron chi connectivity index (χ3n) is 18.4. The Kier molecular flexibility index (Phi) is 45.6. The summed E-state index contributed by atoms with van der Waals surface area (Å²) in [5.41, 5.74) is 34.4. The van der Waals surface area contributed by atoms with Gasteiger partial charge in [0.25, 0.3) is 0 Å². The predicted molar refractivity (Wildman–Crippen MR) is 426 cm³/mol. The first-order chi connectivity index (χ1) is 56.6. The van der Waals surface area contributed by atoms with Crippen molar-refractivity contribution in [3.8, 4) is 5.75 Å². The van der Waals surface area contributed by atoms with Gasteiger partial charge in [0.15, 0.2) is 11.9 Å². The lowest BCUT2D eigenvalue weighted by atomic mass is 10.0. The molecule has 1 aromatic rings. The summed E-state index contributed by atoms with van der Waals surface area (Å²) >= 11 is 0. The molecular formula is C72H119N23O26. The van der Waals surface area contributed by atoms with Gasteiger partial charge in [0, 0.05) is 26.1 Å². The number of nitrogens with two attached hydrogens (primary N) is 6. The number of phenolic OH excluding ortho intramolecular Hbond substituents is 1. The van der Waals surface area contributed by atoms with E-state index in [9.17, 15) is 122 Å². The first-order valence-corrected chi connectivity index (χ1v) is 38.8. The number of hydrogen-bond acceptors (Lipinski definition) is 27. The number of carbonyl (C=O) groups is 18. The molecule has 15 amide bonds. The van der Waals surface area contributed by atoms with Crippen molar-refractivity contribution in [1.82, 2.24) is 79.3 Å². The molecule has 0 bridgehead atoms. The van der Waals surface area contributed by atoms with Gasteiger partial charge in [-0.05, 0) is 142 Å². The van der Waals surface area contributed by atoms with Crippen molar-refractivity contribution < 1.29 is 127 Å². The van der Waals surface area contributed by atoms with Crippen LogP contribution in [0.1, 0.15) is 138 Å². The van der Waals surface area contributed by atoms with Crippen LogP contribution in [0.5, 0.6) is 5.75 Å². The Labute approximate surface area is 695 Å². The van der Waals surface area contributed by atoms with Crippen molar-refractivity contribution in [3.05, 3.63) is 29.8 Å². The molecule has 1 heterocycles.